The van der Waals surface area contributed by atoms with Crippen LogP contribution in [0.3, 0.4) is 0 Å². The molecule has 2 amide bonds. The summed E-state index contributed by atoms with van der Waals surface area (Å²) in [5, 5.41) is 2.30. The molecule has 9 heteroatoms. The highest BCUT2D eigenvalue weighted by Crippen LogP contribution is 2.37. The molecule has 124 valence electrons. The lowest BCUT2D eigenvalue weighted by Crippen LogP contribution is -2.47. The lowest BCUT2D eigenvalue weighted by Gasteiger charge is -2.31. The maximum absolute atomic E-state index is 12.7. The second kappa shape index (κ2) is 5.90. The van der Waals surface area contributed by atoms with Gasteiger partial charge in [-0.05, 0) is 25.1 Å². The van der Waals surface area contributed by atoms with Gasteiger partial charge in [-0.15, -0.1) is 0 Å². The van der Waals surface area contributed by atoms with Crippen molar-refractivity contribution in [2.75, 3.05) is 16.8 Å². The Morgan fingerprint density at radius 2 is 2.00 bits per heavy atom. The average Bonchev–Trinajstić information content (AvgIpc) is 2.43. The standard InChI is InChI=1S/C14H13F3N2O4/c1-7(23-8(2)20)13(22)19-6-12(21)18-10-5-9(14(15,16)17)3-4-11(10)19/h3-5,7H,6H2,1-2H3,(H,18,21). The first-order chi connectivity index (χ1) is 10.6. The summed E-state index contributed by atoms with van der Waals surface area (Å²) in [5.74, 6) is -2.02. The van der Waals surface area contributed by atoms with Gasteiger partial charge in [0.15, 0.2) is 6.10 Å². The van der Waals surface area contributed by atoms with E-state index in [1.165, 1.54) is 6.92 Å². The normalized spacial score (nSPS) is 15.5. The Morgan fingerprint density at radius 1 is 1.35 bits per heavy atom. The van der Waals surface area contributed by atoms with Crippen molar-refractivity contribution in [3.63, 3.8) is 0 Å². The zero-order valence-electron chi connectivity index (χ0n) is 12.2. The van der Waals surface area contributed by atoms with Gasteiger partial charge < -0.3 is 10.1 Å². The Balaban J connectivity index is 2.37. The van der Waals surface area contributed by atoms with Gasteiger partial charge in [0.2, 0.25) is 5.91 Å². The fraction of sp³-hybridized carbons (Fsp3) is 0.357. The van der Waals surface area contributed by atoms with Crippen molar-refractivity contribution in [2.24, 2.45) is 0 Å². The Morgan fingerprint density at radius 3 is 2.57 bits per heavy atom. The van der Waals surface area contributed by atoms with E-state index in [9.17, 15) is 27.6 Å². The number of fused-ring (bicyclic) bond motifs is 1. The van der Waals surface area contributed by atoms with E-state index in [-0.39, 0.29) is 17.9 Å². The summed E-state index contributed by atoms with van der Waals surface area (Å²) in [5.41, 5.74) is -0.958. The Labute approximate surface area is 129 Å². The van der Waals surface area contributed by atoms with E-state index in [0.29, 0.717) is 0 Å². The number of benzene rings is 1. The maximum Gasteiger partial charge on any atom is 0.416 e. The van der Waals surface area contributed by atoms with Crippen LogP contribution in [0.2, 0.25) is 0 Å². The van der Waals surface area contributed by atoms with Crippen LogP contribution in [-0.2, 0) is 25.3 Å². The van der Waals surface area contributed by atoms with Crippen LogP contribution in [0, 0.1) is 0 Å². The van der Waals surface area contributed by atoms with Crippen molar-refractivity contribution in [3.05, 3.63) is 23.8 Å². The topological polar surface area (TPSA) is 75.7 Å². The molecule has 1 aliphatic rings. The van der Waals surface area contributed by atoms with Crippen LogP contribution in [-0.4, -0.2) is 30.4 Å². The molecule has 0 radical (unpaired) electrons. The summed E-state index contributed by atoms with van der Waals surface area (Å²) in [6.07, 6.45) is -5.73. The fourth-order valence-electron chi connectivity index (χ4n) is 2.18. The first-order valence-corrected chi connectivity index (χ1v) is 6.59. The number of hydrogen-bond acceptors (Lipinski definition) is 4. The highest BCUT2D eigenvalue weighted by molar-refractivity contribution is 6.11. The van der Waals surface area contributed by atoms with Crippen LogP contribution in [0.1, 0.15) is 19.4 Å². The molecule has 1 aliphatic heterocycles. The molecule has 1 aromatic carbocycles. The molecular formula is C14H13F3N2O4. The predicted molar refractivity (Wildman–Crippen MR) is 73.7 cm³/mol. The van der Waals surface area contributed by atoms with Gasteiger partial charge in [0.25, 0.3) is 5.91 Å². The fourth-order valence-corrected chi connectivity index (χ4v) is 2.18. The lowest BCUT2D eigenvalue weighted by atomic mass is 10.1. The number of alkyl halides is 3. The zero-order valence-corrected chi connectivity index (χ0v) is 12.2. The molecule has 0 saturated heterocycles. The molecule has 6 nitrogen and oxygen atoms in total. The summed E-state index contributed by atoms with van der Waals surface area (Å²) in [4.78, 5) is 35.8. The van der Waals surface area contributed by atoms with Gasteiger partial charge in [-0.2, -0.15) is 13.2 Å². The Hall–Kier alpha value is -2.58. The highest BCUT2D eigenvalue weighted by atomic mass is 19.4. The Bertz CT molecular complexity index is 672. The van der Waals surface area contributed by atoms with Crippen LogP contribution < -0.4 is 10.2 Å². The third-order valence-electron chi connectivity index (χ3n) is 3.15. The summed E-state index contributed by atoms with van der Waals surface area (Å²) in [6, 6.07) is 2.66. The molecule has 0 bridgehead atoms. The van der Waals surface area contributed by atoms with Crippen LogP contribution in [0.5, 0.6) is 0 Å². The van der Waals surface area contributed by atoms with Crippen LogP contribution in [0.4, 0.5) is 24.5 Å². The molecule has 0 aromatic heterocycles. The second-order valence-electron chi connectivity index (χ2n) is 4.95. The molecule has 0 aliphatic carbocycles. The van der Waals surface area contributed by atoms with E-state index in [2.05, 4.69) is 5.32 Å². The first kappa shape index (κ1) is 16.8. The number of hydrogen-bond donors (Lipinski definition) is 1. The number of nitrogens with zero attached hydrogens (tertiary/aromatic N) is 1. The van der Waals surface area contributed by atoms with Crippen molar-refractivity contribution in [2.45, 2.75) is 26.1 Å². The molecule has 1 unspecified atom stereocenters. The molecular weight excluding hydrogens is 317 g/mol. The molecule has 1 heterocycles. The first-order valence-electron chi connectivity index (χ1n) is 6.59. The number of nitrogens with one attached hydrogen (secondary N) is 1. The van der Waals surface area contributed by atoms with Crippen molar-refractivity contribution in [1.29, 1.82) is 0 Å². The van der Waals surface area contributed by atoms with Gasteiger partial charge in [-0.25, -0.2) is 0 Å². The minimum Gasteiger partial charge on any atom is -0.453 e. The van der Waals surface area contributed by atoms with E-state index in [4.69, 9.17) is 4.74 Å². The van der Waals surface area contributed by atoms with Crippen molar-refractivity contribution < 1.29 is 32.3 Å². The van der Waals surface area contributed by atoms with Gasteiger partial charge >= 0.3 is 12.1 Å². The second-order valence-corrected chi connectivity index (χ2v) is 4.95. The Kier molecular flexibility index (Phi) is 4.31. The number of amides is 2. The molecule has 1 aromatic rings. The molecule has 1 N–H and O–H groups in total. The minimum atomic E-state index is -4.57. The predicted octanol–water partition coefficient (Wildman–Crippen LogP) is 1.94. The summed E-state index contributed by atoms with van der Waals surface area (Å²) in [7, 11) is 0. The zero-order chi connectivity index (χ0) is 17.4. The molecule has 1 atom stereocenters. The monoisotopic (exact) mass is 330 g/mol. The van der Waals surface area contributed by atoms with Gasteiger partial charge in [0, 0.05) is 6.92 Å². The number of anilines is 2. The van der Waals surface area contributed by atoms with Crippen molar-refractivity contribution in [3.8, 4) is 0 Å². The minimum absolute atomic E-state index is 0.113. The molecule has 0 saturated carbocycles. The number of esters is 1. The number of carbonyl (C=O) groups excluding carboxylic acids is 3. The smallest absolute Gasteiger partial charge is 0.416 e. The van der Waals surface area contributed by atoms with Gasteiger partial charge in [-0.3, -0.25) is 19.3 Å². The quantitative estimate of drug-likeness (QED) is 0.841. The summed E-state index contributed by atoms with van der Waals surface area (Å²) >= 11 is 0. The van der Waals surface area contributed by atoms with Gasteiger partial charge in [0.1, 0.15) is 6.54 Å². The van der Waals surface area contributed by atoms with Crippen LogP contribution >= 0.6 is 0 Å². The van der Waals surface area contributed by atoms with E-state index in [0.717, 1.165) is 30.0 Å². The van der Waals surface area contributed by atoms with E-state index in [1.807, 2.05) is 0 Å². The largest absolute Gasteiger partial charge is 0.453 e. The van der Waals surface area contributed by atoms with E-state index in [1.54, 1.807) is 0 Å². The lowest BCUT2D eigenvalue weighted by molar-refractivity contribution is -0.151. The van der Waals surface area contributed by atoms with Crippen molar-refractivity contribution in [1.82, 2.24) is 0 Å². The SMILES string of the molecule is CC(=O)OC(C)C(=O)N1CC(=O)Nc2cc(C(F)(F)F)ccc21. The third kappa shape index (κ3) is 3.61. The maximum atomic E-state index is 12.7. The van der Waals surface area contributed by atoms with Crippen molar-refractivity contribution >= 4 is 29.2 Å². The van der Waals surface area contributed by atoms with Crippen LogP contribution in [0.15, 0.2) is 18.2 Å². The number of rotatable bonds is 2. The van der Waals surface area contributed by atoms with E-state index < -0.39 is 35.6 Å². The molecule has 2 rings (SSSR count). The molecule has 0 spiro atoms. The van der Waals surface area contributed by atoms with E-state index >= 15 is 0 Å². The molecule has 23 heavy (non-hydrogen) atoms. The summed E-state index contributed by atoms with van der Waals surface area (Å²) < 4.78 is 42.9. The number of ether oxygens (including phenoxy) is 1. The number of carbonyl (C=O) groups is 3. The van der Waals surface area contributed by atoms with Crippen LogP contribution in [0.25, 0.3) is 0 Å². The highest BCUT2D eigenvalue weighted by Gasteiger charge is 2.35. The average molecular weight is 330 g/mol. The van der Waals surface area contributed by atoms with Gasteiger partial charge in [-0.1, -0.05) is 0 Å². The molecule has 0 fully saturated rings. The van der Waals surface area contributed by atoms with Gasteiger partial charge in [0.05, 0.1) is 16.9 Å². The third-order valence-corrected chi connectivity index (χ3v) is 3.15. The summed E-state index contributed by atoms with van der Waals surface area (Å²) in [6.45, 7) is 2.07. The number of halogens is 3.